The Balaban J connectivity index is 1.81. The first-order valence-corrected chi connectivity index (χ1v) is 9.66. The number of carbonyl (C=O) groups excluding carboxylic acids is 1. The zero-order valence-corrected chi connectivity index (χ0v) is 16.7. The minimum Gasteiger partial charge on any atom is -0.497 e. The third kappa shape index (κ3) is 4.45. The topological polar surface area (TPSA) is 72.7 Å². The molecule has 0 N–H and O–H groups in total. The minimum atomic E-state index is -0.0464. The molecule has 0 unspecified atom stereocenters. The summed E-state index contributed by atoms with van der Waals surface area (Å²) < 4.78 is 16.1. The van der Waals surface area contributed by atoms with Gasteiger partial charge in [-0.05, 0) is 42.8 Å². The van der Waals surface area contributed by atoms with Gasteiger partial charge in [0, 0.05) is 6.07 Å². The second-order valence-corrected chi connectivity index (χ2v) is 6.63. The Labute approximate surface area is 168 Å². The molecule has 0 aromatic heterocycles. The first-order chi connectivity index (χ1) is 13.7. The zero-order chi connectivity index (χ0) is 19.9. The fourth-order valence-corrected chi connectivity index (χ4v) is 3.45. The summed E-state index contributed by atoms with van der Waals surface area (Å²) in [6.45, 7) is 2.47. The fraction of sp³-hybridized carbons (Fsp3) is 0.250. The molecule has 0 radical (unpaired) electrons. The fourth-order valence-electron chi connectivity index (χ4n) is 2.62. The Morgan fingerprint density at radius 3 is 2.75 bits per heavy atom. The third-order valence-electron chi connectivity index (χ3n) is 3.91. The van der Waals surface area contributed by atoms with E-state index in [1.165, 1.54) is 11.8 Å². The lowest BCUT2D eigenvalue weighted by Crippen LogP contribution is -2.29. The van der Waals surface area contributed by atoms with Gasteiger partial charge in [-0.15, -0.1) is 5.10 Å². The molecular weight excluding hydrogens is 378 g/mol. The summed E-state index contributed by atoms with van der Waals surface area (Å²) in [7, 11) is 3.18. The minimum absolute atomic E-state index is 0.0464. The summed E-state index contributed by atoms with van der Waals surface area (Å²) in [4.78, 5) is 13.8. The Hall–Kier alpha value is -3.00. The van der Waals surface area contributed by atoms with Gasteiger partial charge in [-0.2, -0.15) is 5.10 Å². The largest absolute Gasteiger partial charge is 0.497 e. The van der Waals surface area contributed by atoms with E-state index in [0.717, 1.165) is 5.56 Å². The van der Waals surface area contributed by atoms with Crippen molar-refractivity contribution in [3.05, 3.63) is 48.0 Å². The van der Waals surface area contributed by atoms with Crippen LogP contribution in [0.25, 0.3) is 0 Å². The van der Waals surface area contributed by atoms with Gasteiger partial charge < -0.3 is 14.2 Å². The summed E-state index contributed by atoms with van der Waals surface area (Å²) in [6.07, 6.45) is 1.61. The predicted molar refractivity (Wildman–Crippen MR) is 112 cm³/mol. The van der Waals surface area contributed by atoms with Gasteiger partial charge in [0.1, 0.15) is 5.75 Å². The number of hydrogen-bond acceptors (Lipinski definition) is 7. The van der Waals surface area contributed by atoms with Crippen LogP contribution in [0.2, 0.25) is 0 Å². The highest BCUT2D eigenvalue weighted by molar-refractivity contribution is 8.15. The zero-order valence-electron chi connectivity index (χ0n) is 15.9. The van der Waals surface area contributed by atoms with Crippen LogP contribution in [-0.4, -0.2) is 43.9 Å². The van der Waals surface area contributed by atoms with Crippen molar-refractivity contribution in [2.75, 3.05) is 31.5 Å². The molecule has 1 saturated heterocycles. The molecule has 0 aliphatic carbocycles. The first kappa shape index (κ1) is 19.8. The molecule has 0 saturated carbocycles. The average molecular weight is 399 g/mol. The van der Waals surface area contributed by atoms with Crippen molar-refractivity contribution in [2.24, 2.45) is 10.2 Å². The number of hydrogen-bond donors (Lipinski definition) is 0. The summed E-state index contributed by atoms with van der Waals surface area (Å²) in [5.74, 6) is 2.25. The summed E-state index contributed by atoms with van der Waals surface area (Å²) in [5, 5.41) is 8.91. The molecule has 0 atom stereocenters. The van der Waals surface area contributed by atoms with E-state index in [-0.39, 0.29) is 5.91 Å². The Morgan fingerprint density at radius 2 is 2.00 bits per heavy atom. The summed E-state index contributed by atoms with van der Waals surface area (Å²) >= 11 is 1.35. The number of methoxy groups -OCH3 is 2. The van der Waals surface area contributed by atoms with Gasteiger partial charge in [0.15, 0.2) is 16.7 Å². The van der Waals surface area contributed by atoms with E-state index < -0.39 is 0 Å². The SMILES string of the molecule is CCOc1ccc(/C=N/N=C2\SCC(=O)N2c2cccc(OC)c2)cc1OC. The molecule has 1 fully saturated rings. The number of amidine groups is 1. The lowest BCUT2D eigenvalue weighted by Gasteiger charge is -2.15. The highest BCUT2D eigenvalue weighted by atomic mass is 32.2. The lowest BCUT2D eigenvalue weighted by molar-refractivity contribution is -0.115. The van der Waals surface area contributed by atoms with Crippen LogP contribution in [0.3, 0.4) is 0 Å². The number of rotatable bonds is 7. The van der Waals surface area contributed by atoms with Crippen LogP contribution in [0.1, 0.15) is 12.5 Å². The van der Waals surface area contributed by atoms with Gasteiger partial charge in [0.2, 0.25) is 5.91 Å². The standard InChI is InChI=1S/C20H21N3O4S/c1-4-27-17-9-8-14(10-18(17)26-3)12-21-22-20-23(19(24)13-28-20)15-6-5-7-16(11-15)25-2/h5-12H,4,13H2,1-3H3/b21-12+,22-20-. The third-order valence-corrected chi connectivity index (χ3v) is 4.83. The molecule has 2 aromatic rings. The molecule has 0 bridgehead atoms. The Morgan fingerprint density at radius 1 is 1.14 bits per heavy atom. The number of nitrogens with zero attached hydrogens (tertiary/aromatic N) is 3. The molecule has 1 aliphatic heterocycles. The average Bonchev–Trinajstić information content (AvgIpc) is 3.09. The van der Waals surface area contributed by atoms with E-state index in [9.17, 15) is 4.79 Å². The van der Waals surface area contributed by atoms with Gasteiger partial charge in [0.25, 0.3) is 0 Å². The van der Waals surface area contributed by atoms with Crippen LogP contribution >= 0.6 is 11.8 Å². The number of carbonyl (C=O) groups is 1. The molecule has 1 aliphatic rings. The van der Waals surface area contributed by atoms with Crippen molar-refractivity contribution in [1.82, 2.24) is 0 Å². The number of anilines is 1. The van der Waals surface area contributed by atoms with Crippen LogP contribution in [-0.2, 0) is 4.79 Å². The predicted octanol–water partition coefficient (Wildman–Crippen LogP) is 3.57. The van der Waals surface area contributed by atoms with Crippen molar-refractivity contribution in [3.63, 3.8) is 0 Å². The van der Waals surface area contributed by atoms with Crippen LogP contribution in [0.5, 0.6) is 17.2 Å². The van der Waals surface area contributed by atoms with E-state index in [1.807, 2.05) is 43.3 Å². The van der Waals surface area contributed by atoms with E-state index in [1.54, 1.807) is 31.4 Å². The normalized spacial score (nSPS) is 15.5. The van der Waals surface area contributed by atoms with E-state index in [2.05, 4.69) is 10.2 Å². The maximum atomic E-state index is 12.3. The highest BCUT2D eigenvalue weighted by Gasteiger charge is 2.30. The van der Waals surface area contributed by atoms with Crippen LogP contribution in [0, 0.1) is 0 Å². The van der Waals surface area contributed by atoms with Gasteiger partial charge in [0.05, 0.1) is 38.5 Å². The van der Waals surface area contributed by atoms with Crippen molar-refractivity contribution >= 4 is 34.7 Å². The van der Waals surface area contributed by atoms with Gasteiger partial charge in [-0.1, -0.05) is 17.8 Å². The number of thioether (sulfide) groups is 1. The molecule has 0 spiro atoms. The number of benzene rings is 2. The second kappa shape index (κ2) is 9.27. The second-order valence-electron chi connectivity index (χ2n) is 5.69. The molecule has 28 heavy (non-hydrogen) atoms. The quantitative estimate of drug-likeness (QED) is 0.526. The van der Waals surface area contributed by atoms with Gasteiger partial charge in [-0.25, -0.2) is 0 Å². The molecule has 146 valence electrons. The van der Waals surface area contributed by atoms with Crippen LogP contribution in [0.15, 0.2) is 52.7 Å². The van der Waals surface area contributed by atoms with E-state index in [0.29, 0.717) is 40.5 Å². The molecule has 1 amide bonds. The maximum Gasteiger partial charge on any atom is 0.243 e. The Kier molecular flexibility index (Phi) is 6.54. The number of ether oxygens (including phenoxy) is 3. The molecule has 3 rings (SSSR count). The van der Waals surface area contributed by atoms with Crippen molar-refractivity contribution in [1.29, 1.82) is 0 Å². The van der Waals surface area contributed by atoms with E-state index in [4.69, 9.17) is 14.2 Å². The number of amides is 1. The first-order valence-electron chi connectivity index (χ1n) is 8.68. The summed E-state index contributed by atoms with van der Waals surface area (Å²) in [5.41, 5.74) is 1.51. The lowest BCUT2D eigenvalue weighted by atomic mass is 10.2. The van der Waals surface area contributed by atoms with Gasteiger partial charge >= 0.3 is 0 Å². The maximum absolute atomic E-state index is 12.3. The summed E-state index contributed by atoms with van der Waals surface area (Å²) in [6, 6.07) is 12.8. The van der Waals surface area contributed by atoms with Crippen molar-refractivity contribution in [2.45, 2.75) is 6.92 Å². The smallest absolute Gasteiger partial charge is 0.243 e. The van der Waals surface area contributed by atoms with E-state index >= 15 is 0 Å². The molecule has 2 aromatic carbocycles. The van der Waals surface area contributed by atoms with Crippen LogP contribution in [0.4, 0.5) is 5.69 Å². The van der Waals surface area contributed by atoms with Crippen molar-refractivity contribution in [3.8, 4) is 17.2 Å². The monoisotopic (exact) mass is 399 g/mol. The Bertz CT molecular complexity index is 914. The van der Waals surface area contributed by atoms with Crippen molar-refractivity contribution < 1.29 is 19.0 Å². The molecule has 7 nitrogen and oxygen atoms in total. The van der Waals surface area contributed by atoms with Gasteiger partial charge in [-0.3, -0.25) is 9.69 Å². The van der Waals surface area contributed by atoms with Crippen LogP contribution < -0.4 is 19.1 Å². The molecular formula is C20H21N3O4S. The molecule has 8 heteroatoms. The molecule has 1 heterocycles. The highest BCUT2D eigenvalue weighted by Crippen LogP contribution is 2.30.